The van der Waals surface area contributed by atoms with Gasteiger partial charge in [0.15, 0.2) is 5.65 Å². The van der Waals surface area contributed by atoms with E-state index in [2.05, 4.69) is 41.5 Å². The van der Waals surface area contributed by atoms with E-state index in [9.17, 15) is 9.59 Å². The van der Waals surface area contributed by atoms with Crippen molar-refractivity contribution in [2.45, 2.75) is 64.1 Å². The molecule has 2 aliphatic rings. The highest BCUT2D eigenvalue weighted by Crippen LogP contribution is 2.24. The molecule has 4 heterocycles. The SMILES string of the molecule is C=CC(=O)N1CCCC1C(=O)Nc1cccc(CNc2nc(NC3CCOCC3)nc3c(C(C)C)cnn23)c1. The molecule has 0 aliphatic carbocycles. The Morgan fingerprint density at radius 2 is 2.03 bits per heavy atom. The summed E-state index contributed by atoms with van der Waals surface area (Å²) < 4.78 is 7.22. The summed E-state index contributed by atoms with van der Waals surface area (Å²) in [6.45, 7) is 10.3. The average Bonchev–Trinajstić information content (AvgIpc) is 3.60. The van der Waals surface area contributed by atoms with E-state index in [0.29, 0.717) is 37.1 Å². The lowest BCUT2D eigenvalue weighted by Crippen LogP contribution is -2.42. The lowest BCUT2D eigenvalue weighted by atomic mass is 10.1. The molecule has 1 aromatic carbocycles. The molecule has 11 nitrogen and oxygen atoms in total. The van der Waals surface area contributed by atoms with Gasteiger partial charge in [0.2, 0.25) is 23.7 Å². The van der Waals surface area contributed by atoms with Crippen LogP contribution >= 0.6 is 0 Å². The van der Waals surface area contributed by atoms with E-state index < -0.39 is 6.04 Å². The summed E-state index contributed by atoms with van der Waals surface area (Å²) in [6, 6.07) is 7.42. The lowest BCUT2D eigenvalue weighted by Gasteiger charge is -2.23. The van der Waals surface area contributed by atoms with Gasteiger partial charge in [0.1, 0.15) is 6.04 Å². The Balaban J connectivity index is 1.31. The van der Waals surface area contributed by atoms with Crippen molar-refractivity contribution in [1.29, 1.82) is 0 Å². The van der Waals surface area contributed by atoms with Gasteiger partial charge in [0.05, 0.1) is 6.20 Å². The molecule has 11 heteroatoms. The van der Waals surface area contributed by atoms with Crippen molar-refractivity contribution >= 4 is 35.0 Å². The summed E-state index contributed by atoms with van der Waals surface area (Å²) in [7, 11) is 0. The quantitative estimate of drug-likeness (QED) is 0.357. The summed E-state index contributed by atoms with van der Waals surface area (Å²) in [5.74, 6) is 1.01. The second kappa shape index (κ2) is 11.8. The molecule has 2 amide bonds. The number of fused-ring (bicyclic) bond motifs is 1. The highest BCUT2D eigenvalue weighted by Gasteiger charge is 2.33. The smallest absolute Gasteiger partial charge is 0.247 e. The molecule has 3 aromatic rings. The monoisotopic (exact) mass is 532 g/mol. The molecule has 39 heavy (non-hydrogen) atoms. The van der Waals surface area contributed by atoms with E-state index in [4.69, 9.17) is 14.7 Å². The number of benzene rings is 1. The van der Waals surface area contributed by atoms with Crippen molar-refractivity contribution < 1.29 is 14.3 Å². The van der Waals surface area contributed by atoms with Crippen LogP contribution in [0, 0.1) is 0 Å². The van der Waals surface area contributed by atoms with Gasteiger partial charge in [-0.3, -0.25) is 9.59 Å². The van der Waals surface area contributed by atoms with E-state index in [1.165, 1.54) is 6.08 Å². The van der Waals surface area contributed by atoms with Crippen LogP contribution in [0.2, 0.25) is 0 Å². The van der Waals surface area contributed by atoms with Crippen LogP contribution in [0.1, 0.15) is 56.6 Å². The topological polar surface area (TPSA) is 126 Å². The fourth-order valence-corrected chi connectivity index (χ4v) is 5.09. The van der Waals surface area contributed by atoms with Gasteiger partial charge in [0.25, 0.3) is 0 Å². The number of likely N-dealkylation sites (tertiary alicyclic amines) is 1. The third-order valence-electron chi connectivity index (χ3n) is 7.23. The average molecular weight is 533 g/mol. The summed E-state index contributed by atoms with van der Waals surface area (Å²) in [5.41, 5.74) is 3.46. The Hall–Kier alpha value is -3.99. The fourth-order valence-electron chi connectivity index (χ4n) is 5.09. The number of nitrogens with one attached hydrogen (secondary N) is 3. The predicted octanol–water partition coefficient (Wildman–Crippen LogP) is 3.57. The third kappa shape index (κ3) is 6.03. The molecule has 2 aromatic heterocycles. The zero-order chi connectivity index (χ0) is 27.4. The largest absolute Gasteiger partial charge is 0.381 e. The number of nitrogens with zero attached hydrogens (tertiary/aromatic N) is 5. The Morgan fingerprint density at radius 3 is 2.79 bits per heavy atom. The maximum absolute atomic E-state index is 12.9. The number of rotatable bonds is 9. The molecule has 3 N–H and O–H groups in total. The van der Waals surface area contributed by atoms with Crippen LogP contribution in [0.25, 0.3) is 5.65 Å². The molecule has 1 atom stereocenters. The number of hydrogen-bond donors (Lipinski definition) is 3. The zero-order valence-electron chi connectivity index (χ0n) is 22.5. The number of ether oxygens (including phenoxy) is 1. The van der Waals surface area contributed by atoms with Gasteiger partial charge in [-0.15, -0.1) is 0 Å². The van der Waals surface area contributed by atoms with E-state index in [-0.39, 0.29) is 23.8 Å². The summed E-state index contributed by atoms with van der Waals surface area (Å²) >= 11 is 0. The molecular formula is C28H36N8O3. The number of carbonyl (C=O) groups excluding carboxylic acids is 2. The maximum Gasteiger partial charge on any atom is 0.247 e. The van der Waals surface area contributed by atoms with E-state index >= 15 is 0 Å². The minimum atomic E-state index is -0.483. The molecule has 2 aliphatic heterocycles. The first-order valence-electron chi connectivity index (χ1n) is 13.6. The van der Waals surface area contributed by atoms with Crippen LogP contribution in [0.15, 0.2) is 43.1 Å². The van der Waals surface area contributed by atoms with Crippen molar-refractivity contribution in [2.75, 3.05) is 35.7 Å². The van der Waals surface area contributed by atoms with Crippen LogP contribution in [-0.2, 0) is 20.9 Å². The molecule has 0 bridgehead atoms. The van der Waals surface area contributed by atoms with Gasteiger partial charge >= 0.3 is 0 Å². The molecule has 0 spiro atoms. The molecule has 0 saturated carbocycles. The van der Waals surface area contributed by atoms with Gasteiger partial charge in [-0.25, -0.2) is 0 Å². The first kappa shape index (κ1) is 26.6. The fraction of sp³-hybridized carbons (Fsp3) is 0.464. The second-order valence-electron chi connectivity index (χ2n) is 10.3. The van der Waals surface area contributed by atoms with Crippen LogP contribution in [-0.4, -0.2) is 68.1 Å². The summed E-state index contributed by atoms with van der Waals surface area (Å²) in [4.78, 5) is 36.2. The number of anilines is 3. The number of aromatic nitrogens is 4. The van der Waals surface area contributed by atoms with Crippen molar-refractivity contribution in [3.63, 3.8) is 0 Å². The van der Waals surface area contributed by atoms with Crippen LogP contribution in [0.5, 0.6) is 0 Å². The van der Waals surface area contributed by atoms with Crippen LogP contribution in [0.3, 0.4) is 0 Å². The molecule has 2 fully saturated rings. The van der Waals surface area contributed by atoms with Crippen molar-refractivity contribution in [2.24, 2.45) is 0 Å². The normalized spacial score (nSPS) is 17.9. The van der Waals surface area contributed by atoms with Crippen LogP contribution < -0.4 is 16.0 Å². The molecule has 0 radical (unpaired) electrons. The number of carbonyl (C=O) groups is 2. The zero-order valence-corrected chi connectivity index (χ0v) is 22.5. The highest BCUT2D eigenvalue weighted by atomic mass is 16.5. The van der Waals surface area contributed by atoms with Gasteiger partial charge in [-0.2, -0.15) is 19.6 Å². The van der Waals surface area contributed by atoms with Crippen molar-refractivity contribution in [3.8, 4) is 0 Å². The Morgan fingerprint density at radius 1 is 1.21 bits per heavy atom. The van der Waals surface area contributed by atoms with E-state index in [1.54, 1.807) is 9.42 Å². The number of amides is 2. The molecule has 5 rings (SSSR count). The molecule has 1 unspecified atom stereocenters. The van der Waals surface area contributed by atoms with E-state index in [0.717, 1.165) is 49.3 Å². The standard InChI is InChI=1S/C28H36N8O3/c1-4-24(37)35-12-6-9-23(35)26(38)31-21-8-5-7-19(15-21)16-29-28-34-27(32-20-10-13-39-14-11-20)33-25-22(18(2)3)17-30-36(25)28/h4-5,7-8,15,17-18,20,23H,1,6,9-14,16H2,2-3H3,(H,31,38)(H2,29,32,33,34). The summed E-state index contributed by atoms with van der Waals surface area (Å²) in [5, 5.41) is 14.4. The van der Waals surface area contributed by atoms with Gasteiger partial charge in [0, 0.05) is 43.6 Å². The minimum Gasteiger partial charge on any atom is -0.381 e. The van der Waals surface area contributed by atoms with Crippen molar-refractivity contribution in [3.05, 3.63) is 54.2 Å². The van der Waals surface area contributed by atoms with Gasteiger partial charge in [-0.05, 0) is 55.4 Å². The van der Waals surface area contributed by atoms with Crippen LogP contribution in [0.4, 0.5) is 17.6 Å². The first-order chi connectivity index (χ1) is 18.9. The number of hydrogen-bond acceptors (Lipinski definition) is 8. The lowest BCUT2D eigenvalue weighted by molar-refractivity contribution is -0.132. The Bertz CT molecular complexity index is 1350. The third-order valence-corrected chi connectivity index (χ3v) is 7.23. The van der Waals surface area contributed by atoms with Gasteiger partial charge in [-0.1, -0.05) is 32.6 Å². The molecular weight excluding hydrogens is 496 g/mol. The first-order valence-corrected chi connectivity index (χ1v) is 13.6. The molecule has 2 saturated heterocycles. The summed E-state index contributed by atoms with van der Waals surface area (Å²) in [6.07, 6.45) is 6.36. The Kier molecular flexibility index (Phi) is 8.06. The van der Waals surface area contributed by atoms with Gasteiger partial charge < -0.3 is 25.6 Å². The molecule has 206 valence electrons. The second-order valence-corrected chi connectivity index (χ2v) is 10.3. The van der Waals surface area contributed by atoms with Crippen molar-refractivity contribution in [1.82, 2.24) is 24.5 Å². The maximum atomic E-state index is 12.9. The predicted molar refractivity (Wildman–Crippen MR) is 150 cm³/mol. The highest BCUT2D eigenvalue weighted by molar-refractivity contribution is 5.99. The van der Waals surface area contributed by atoms with E-state index in [1.807, 2.05) is 30.5 Å². The minimum absolute atomic E-state index is 0.188. The Labute approximate surface area is 228 Å².